The molecule has 0 fully saturated rings. The van der Waals surface area contributed by atoms with E-state index in [1.807, 2.05) is 0 Å². The second-order valence-electron chi connectivity index (χ2n) is 33.9. The number of hydrogen-bond acceptors (Lipinski definition) is 15. The Morgan fingerprint density at radius 1 is 0.241 bits per heavy atom. The van der Waals surface area contributed by atoms with Crippen LogP contribution < -0.4 is 0 Å². The molecule has 2 unspecified atom stereocenters. The van der Waals surface area contributed by atoms with Crippen molar-refractivity contribution in [2.75, 3.05) is 39.6 Å². The topological polar surface area (TPSA) is 237 Å². The minimum atomic E-state index is -4.97. The highest BCUT2D eigenvalue weighted by Crippen LogP contribution is 2.45. The van der Waals surface area contributed by atoms with E-state index in [-0.39, 0.29) is 25.7 Å². The molecule has 0 saturated heterocycles. The third-order valence-corrected chi connectivity index (χ3v) is 23.9. The van der Waals surface area contributed by atoms with E-state index in [0.717, 1.165) is 95.8 Å². The molecule has 0 aromatic heterocycles. The summed E-state index contributed by atoms with van der Waals surface area (Å²) < 4.78 is 69.1. The van der Waals surface area contributed by atoms with Crippen molar-refractivity contribution in [1.82, 2.24) is 0 Å². The molecule has 112 heavy (non-hydrogen) atoms. The fraction of sp³-hybridized carbons (Fsp3) is 0.957. The van der Waals surface area contributed by atoms with Crippen LogP contribution in [0.25, 0.3) is 0 Å². The molecule has 0 aliphatic carbocycles. The lowest BCUT2D eigenvalue weighted by atomic mass is 10.0. The lowest BCUT2D eigenvalue weighted by Gasteiger charge is -2.21. The number of ether oxygens (including phenoxy) is 4. The second-order valence-corrected chi connectivity index (χ2v) is 36.8. The van der Waals surface area contributed by atoms with Crippen LogP contribution in [0.1, 0.15) is 510 Å². The lowest BCUT2D eigenvalue weighted by molar-refractivity contribution is -0.161. The molecule has 0 aromatic rings. The van der Waals surface area contributed by atoms with Gasteiger partial charge >= 0.3 is 39.5 Å². The molecule has 0 amide bonds. The van der Waals surface area contributed by atoms with Gasteiger partial charge in [0.2, 0.25) is 0 Å². The number of carbonyl (C=O) groups is 4. The SMILES string of the molecule is CCCCCCCCCCCCCCCCCCCCCCCCC(=O)O[C@H](COC(=O)CCCCCCCCCCCCCCCCCCCCCCC)COP(=O)(O)OC[C@@H](O)COP(=O)(O)OC[C@@H](COC(=O)CCCCCCCCCCCC(C)C)OC(=O)CCCCCCCCCCCCCCCCCCC. The third kappa shape index (κ3) is 85.9. The third-order valence-electron chi connectivity index (χ3n) is 22.0. The Morgan fingerprint density at radius 3 is 0.607 bits per heavy atom. The maximum absolute atomic E-state index is 13.2. The smallest absolute Gasteiger partial charge is 0.462 e. The summed E-state index contributed by atoms with van der Waals surface area (Å²) in [5.74, 6) is -1.35. The summed E-state index contributed by atoms with van der Waals surface area (Å²) >= 11 is 0. The molecule has 0 aliphatic rings. The van der Waals surface area contributed by atoms with Gasteiger partial charge in [0, 0.05) is 25.7 Å². The maximum Gasteiger partial charge on any atom is 0.472 e. The predicted molar refractivity (Wildman–Crippen MR) is 465 cm³/mol. The first-order chi connectivity index (χ1) is 54.5. The number of carbonyl (C=O) groups excluding carboxylic acids is 4. The molecule has 17 nitrogen and oxygen atoms in total. The Balaban J connectivity index is 5.23. The van der Waals surface area contributed by atoms with Crippen molar-refractivity contribution >= 4 is 39.5 Å². The van der Waals surface area contributed by atoms with E-state index in [0.29, 0.717) is 25.7 Å². The summed E-state index contributed by atoms with van der Waals surface area (Å²) in [6, 6.07) is 0. The largest absolute Gasteiger partial charge is 0.472 e. The van der Waals surface area contributed by atoms with E-state index < -0.39 is 97.5 Å². The second kappa shape index (κ2) is 85.5. The van der Waals surface area contributed by atoms with Crippen molar-refractivity contribution in [1.29, 1.82) is 0 Å². The first kappa shape index (κ1) is 110. The van der Waals surface area contributed by atoms with Crippen LogP contribution in [0.2, 0.25) is 0 Å². The summed E-state index contributed by atoms with van der Waals surface area (Å²) in [5.41, 5.74) is 0. The van der Waals surface area contributed by atoms with Crippen LogP contribution >= 0.6 is 15.6 Å². The van der Waals surface area contributed by atoms with Crippen molar-refractivity contribution in [2.45, 2.75) is 528 Å². The summed E-state index contributed by atoms with van der Waals surface area (Å²) in [5, 5.41) is 10.7. The number of esters is 4. The van der Waals surface area contributed by atoms with Gasteiger partial charge in [-0.2, -0.15) is 0 Å². The molecule has 0 rings (SSSR count). The average molecular weight is 1630 g/mol. The Bertz CT molecular complexity index is 2120. The Labute approximate surface area is 689 Å². The molecule has 0 saturated carbocycles. The Morgan fingerprint density at radius 2 is 0.411 bits per heavy atom. The maximum atomic E-state index is 13.2. The van der Waals surface area contributed by atoms with Gasteiger partial charge < -0.3 is 33.8 Å². The minimum Gasteiger partial charge on any atom is -0.462 e. The van der Waals surface area contributed by atoms with E-state index >= 15 is 0 Å². The van der Waals surface area contributed by atoms with Crippen LogP contribution in [-0.2, 0) is 65.4 Å². The van der Waals surface area contributed by atoms with Gasteiger partial charge in [0.15, 0.2) is 12.2 Å². The van der Waals surface area contributed by atoms with Gasteiger partial charge in [-0.1, -0.05) is 458 Å². The molecule has 3 N–H and O–H groups in total. The number of unbranched alkanes of at least 4 members (excludes halogenated alkanes) is 65. The number of aliphatic hydroxyl groups excluding tert-OH is 1. The van der Waals surface area contributed by atoms with Crippen molar-refractivity contribution in [3.05, 3.63) is 0 Å². The zero-order valence-electron chi connectivity index (χ0n) is 73.8. The number of rotatable bonds is 93. The molecule has 0 bridgehead atoms. The van der Waals surface area contributed by atoms with Crippen LogP contribution in [0.4, 0.5) is 0 Å². The Hall–Kier alpha value is -1.94. The average Bonchev–Trinajstić information content (AvgIpc) is 0.894. The molecular formula is C93H182O17P2. The van der Waals surface area contributed by atoms with Crippen LogP contribution in [0.5, 0.6) is 0 Å². The van der Waals surface area contributed by atoms with Gasteiger partial charge in [0.05, 0.1) is 26.4 Å². The van der Waals surface area contributed by atoms with Gasteiger partial charge in [0.1, 0.15) is 19.3 Å². The van der Waals surface area contributed by atoms with Crippen molar-refractivity contribution < 1.29 is 80.2 Å². The van der Waals surface area contributed by atoms with Gasteiger partial charge in [-0.25, -0.2) is 9.13 Å². The van der Waals surface area contributed by atoms with Gasteiger partial charge in [-0.3, -0.25) is 37.3 Å². The highest BCUT2D eigenvalue weighted by molar-refractivity contribution is 7.47. The van der Waals surface area contributed by atoms with Crippen LogP contribution in [0.15, 0.2) is 0 Å². The zero-order chi connectivity index (χ0) is 81.8. The molecular weight excluding hydrogens is 1450 g/mol. The van der Waals surface area contributed by atoms with E-state index in [9.17, 15) is 43.2 Å². The number of aliphatic hydroxyl groups is 1. The first-order valence-electron chi connectivity index (χ1n) is 48.1. The first-order valence-corrected chi connectivity index (χ1v) is 51.1. The van der Waals surface area contributed by atoms with Gasteiger partial charge in [0.25, 0.3) is 0 Å². The standard InChI is InChI=1S/C93H182O17P2/c1-6-9-12-15-18-21-24-27-30-33-35-37-39-41-44-47-50-53-58-64-69-74-79-92(97)109-88(82-103-90(95)76-71-66-61-56-51-48-45-43-40-38-36-34-31-28-25-22-19-16-13-10-7-2)84-107-111(99,100)105-80-87(94)81-106-112(101,102)108-85-89(83-104-91(96)77-72-67-62-59-54-55-60-65-70-75-86(4)5)110-93(98)78-73-68-63-57-52-49-46-42-32-29-26-23-20-17-14-11-8-3/h86-89,94H,6-85H2,1-5H3,(H,99,100)(H,101,102)/t87-,88-,89-/m1/s1. The van der Waals surface area contributed by atoms with Gasteiger partial charge in [-0.05, 0) is 31.6 Å². The van der Waals surface area contributed by atoms with E-state index in [4.69, 9.17) is 37.0 Å². The van der Waals surface area contributed by atoms with Crippen molar-refractivity contribution in [3.8, 4) is 0 Å². The normalized spacial score (nSPS) is 13.7. The molecule has 0 spiro atoms. The van der Waals surface area contributed by atoms with Crippen LogP contribution in [0.3, 0.4) is 0 Å². The number of phosphoric acid groups is 2. The highest BCUT2D eigenvalue weighted by atomic mass is 31.2. The van der Waals surface area contributed by atoms with Crippen LogP contribution in [-0.4, -0.2) is 96.7 Å². The fourth-order valence-corrected chi connectivity index (χ4v) is 16.3. The molecule has 666 valence electrons. The van der Waals surface area contributed by atoms with Crippen molar-refractivity contribution in [3.63, 3.8) is 0 Å². The van der Waals surface area contributed by atoms with E-state index in [1.165, 1.54) is 334 Å². The predicted octanol–water partition coefficient (Wildman–Crippen LogP) is 29.1. The van der Waals surface area contributed by atoms with E-state index in [2.05, 4.69) is 34.6 Å². The molecule has 19 heteroatoms. The summed E-state index contributed by atoms with van der Waals surface area (Å²) in [6.07, 6.45) is 82.2. The minimum absolute atomic E-state index is 0.109. The summed E-state index contributed by atoms with van der Waals surface area (Å²) in [4.78, 5) is 73.5. The molecule has 0 aliphatic heterocycles. The van der Waals surface area contributed by atoms with Crippen molar-refractivity contribution in [2.24, 2.45) is 5.92 Å². The fourth-order valence-electron chi connectivity index (χ4n) is 14.7. The summed E-state index contributed by atoms with van der Waals surface area (Å²) in [6.45, 7) is 7.39. The number of hydrogen-bond donors (Lipinski definition) is 3. The zero-order valence-corrected chi connectivity index (χ0v) is 75.6. The van der Waals surface area contributed by atoms with E-state index in [1.54, 1.807) is 0 Å². The summed E-state index contributed by atoms with van der Waals surface area (Å²) in [7, 11) is -9.94. The Kier molecular flexibility index (Phi) is 84.0. The molecule has 0 aromatic carbocycles. The molecule has 5 atom stereocenters. The monoisotopic (exact) mass is 1630 g/mol. The molecule has 0 heterocycles. The highest BCUT2D eigenvalue weighted by Gasteiger charge is 2.31. The quantitative estimate of drug-likeness (QED) is 0.0222. The lowest BCUT2D eigenvalue weighted by Crippen LogP contribution is -2.30. The number of phosphoric ester groups is 2. The van der Waals surface area contributed by atoms with Gasteiger partial charge in [-0.15, -0.1) is 0 Å². The molecule has 0 radical (unpaired) electrons. The van der Waals surface area contributed by atoms with Crippen LogP contribution in [0, 0.1) is 5.92 Å².